The molecule has 0 radical (unpaired) electrons. The number of sulfonamides is 1. The van der Waals surface area contributed by atoms with Crippen LogP contribution in [0.1, 0.15) is 52.0 Å². The lowest BCUT2D eigenvalue weighted by molar-refractivity contribution is -0.145. The molecule has 0 spiro atoms. The van der Waals surface area contributed by atoms with E-state index >= 15 is 0 Å². The zero-order valence-electron chi connectivity index (χ0n) is 20.4. The Hall–Kier alpha value is -2.46. The maximum Gasteiger partial charge on any atom is 0.256 e. The van der Waals surface area contributed by atoms with E-state index in [1.807, 2.05) is 55.8 Å². The SMILES string of the molecule is CCC[C@H](C(N)=O)[C@@H](CC(C)C)C(=O)N1C[C@@H](OCc2ccccc2)CC1C(=O)NS(C)(=O)=O. The number of amides is 3. The maximum atomic E-state index is 13.7. The number of carbonyl (C=O) groups excluding carboxylic acids is 3. The van der Waals surface area contributed by atoms with Crippen LogP contribution in [0, 0.1) is 17.8 Å². The molecule has 1 heterocycles. The van der Waals surface area contributed by atoms with Crippen molar-refractivity contribution < 1.29 is 27.5 Å². The molecule has 10 heteroatoms. The van der Waals surface area contributed by atoms with Crippen molar-refractivity contribution in [3.05, 3.63) is 35.9 Å². The number of benzene rings is 1. The lowest BCUT2D eigenvalue weighted by Gasteiger charge is -2.32. The Labute approximate surface area is 202 Å². The summed E-state index contributed by atoms with van der Waals surface area (Å²) in [7, 11) is -3.81. The van der Waals surface area contributed by atoms with E-state index in [1.54, 1.807) is 0 Å². The number of ether oxygens (including phenoxy) is 1. The second-order valence-electron chi connectivity index (χ2n) is 9.43. The summed E-state index contributed by atoms with van der Waals surface area (Å²) >= 11 is 0. The molecule has 2 rings (SSSR count). The summed E-state index contributed by atoms with van der Waals surface area (Å²) in [5, 5.41) is 0. The van der Waals surface area contributed by atoms with Crippen molar-refractivity contribution in [3.8, 4) is 0 Å². The number of hydrogen-bond donors (Lipinski definition) is 2. The van der Waals surface area contributed by atoms with Crippen LogP contribution in [-0.4, -0.2) is 56.0 Å². The Morgan fingerprint density at radius 1 is 1.18 bits per heavy atom. The number of nitrogens with one attached hydrogen (secondary N) is 1. The molecule has 1 fully saturated rings. The zero-order valence-corrected chi connectivity index (χ0v) is 21.2. The lowest BCUT2D eigenvalue weighted by Crippen LogP contribution is -2.51. The van der Waals surface area contributed by atoms with Crippen LogP contribution in [0.25, 0.3) is 0 Å². The van der Waals surface area contributed by atoms with Crippen molar-refractivity contribution in [2.45, 2.75) is 65.2 Å². The van der Waals surface area contributed by atoms with Crippen molar-refractivity contribution in [2.24, 2.45) is 23.5 Å². The Bertz CT molecular complexity index is 951. The van der Waals surface area contributed by atoms with Crippen molar-refractivity contribution in [1.82, 2.24) is 9.62 Å². The Balaban J connectivity index is 2.30. The molecule has 0 saturated carbocycles. The second kappa shape index (κ2) is 12.3. The van der Waals surface area contributed by atoms with E-state index in [0.717, 1.165) is 11.8 Å². The Kier molecular flexibility index (Phi) is 10.1. The number of nitrogens with zero attached hydrogens (tertiary/aromatic N) is 1. The number of primary amides is 1. The topological polar surface area (TPSA) is 136 Å². The van der Waals surface area contributed by atoms with Gasteiger partial charge in [0.1, 0.15) is 6.04 Å². The van der Waals surface area contributed by atoms with Crippen LogP contribution in [0.3, 0.4) is 0 Å². The molecule has 1 aromatic rings. The number of nitrogens with two attached hydrogens (primary N) is 1. The number of hydrogen-bond acceptors (Lipinski definition) is 6. The van der Waals surface area contributed by atoms with Gasteiger partial charge in [-0.05, 0) is 24.3 Å². The van der Waals surface area contributed by atoms with Gasteiger partial charge in [-0.1, -0.05) is 57.5 Å². The molecule has 9 nitrogen and oxygen atoms in total. The van der Waals surface area contributed by atoms with Gasteiger partial charge in [-0.15, -0.1) is 0 Å². The fourth-order valence-electron chi connectivity index (χ4n) is 4.46. The standard InChI is InChI=1S/C24H37N3O6S/c1-5-9-19(22(25)28)20(12-16(2)3)24(30)27-14-18(33-15-17-10-7-6-8-11-17)13-21(27)23(29)26-34(4,31)32/h6-8,10-11,16,18-21H,5,9,12-15H2,1-4H3,(H2,25,28)(H,26,29)/t18-,19-,20+,21?/m0/s1. The minimum Gasteiger partial charge on any atom is -0.372 e. The van der Waals surface area contributed by atoms with E-state index in [1.165, 1.54) is 4.90 Å². The minimum atomic E-state index is -3.81. The maximum absolute atomic E-state index is 13.7. The fraction of sp³-hybridized carbons (Fsp3) is 0.625. The first-order valence-corrected chi connectivity index (χ1v) is 13.6. The normalized spacial score (nSPS) is 20.2. The third-order valence-corrected chi connectivity index (χ3v) is 6.53. The molecule has 1 aliphatic heterocycles. The van der Waals surface area contributed by atoms with Crippen LogP contribution in [0.2, 0.25) is 0 Å². The smallest absolute Gasteiger partial charge is 0.256 e. The minimum absolute atomic E-state index is 0.115. The van der Waals surface area contributed by atoms with Crippen molar-refractivity contribution in [2.75, 3.05) is 12.8 Å². The van der Waals surface area contributed by atoms with Gasteiger partial charge in [0.2, 0.25) is 21.8 Å². The molecule has 3 amide bonds. The van der Waals surface area contributed by atoms with Crippen LogP contribution < -0.4 is 10.5 Å². The van der Waals surface area contributed by atoms with Gasteiger partial charge in [-0.3, -0.25) is 19.1 Å². The fourth-order valence-corrected chi connectivity index (χ4v) is 4.96. The van der Waals surface area contributed by atoms with E-state index in [2.05, 4.69) is 0 Å². The average molecular weight is 496 g/mol. The number of rotatable bonds is 12. The predicted molar refractivity (Wildman–Crippen MR) is 129 cm³/mol. The Morgan fingerprint density at radius 2 is 1.82 bits per heavy atom. The molecule has 190 valence electrons. The van der Waals surface area contributed by atoms with Crippen LogP contribution in [0.15, 0.2) is 30.3 Å². The van der Waals surface area contributed by atoms with Crippen LogP contribution in [0.4, 0.5) is 0 Å². The first kappa shape index (κ1) is 27.8. The van der Waals surface area contributed by atoms with E-state index in [4.69, 9.17) is 10.5 Å². The summed E-state index contributed by atoms with van der Waals surface area (Å²) in [6.07, 6.45) is 2.15. The summed E-state index contributed by atoms with van der Waals surface area (Å²) in [5.41, 5.74) is 6.60. The molecule has 3 N–H and O–H groups in total. The molecule has 0 aliphatic carbocycles. The highest BCUT2D eigenvalue weighted by Gasteiger charge is 2.45. The van der Waals surface area contributed by atoms with Gasteiger partial charge >= 0.3 is 0 Å². The molecule has 1 aliphatic rings. The van der Waals surface area contributed by atoms with Crippen molar-refractivity contribution in [1.29, 1.82) is 0 Å². The molecule has 4 atom stereocenters. The van der Waals surface area contributed by atoms with Crippen molar-refractivity contribution >= 4 is 27.7 Å². The third-order valence-electron chi connectivity index (χ3n) is 5.96. The Morgan fingerprint density at radius 3 is 2.35 bits per heavy atom. The van der Waals surface area contributed by atoms with E-state index in [9.17, 15) is 22.8 Å². The van der Waals surface area contributed by atoms with Gasteiger partial charge in [0, 0.05) is 24.8 Å². The van der Waals surface area contributed by atoms with Gasteiger partial charge < -0.3 is 15.4 Å². The quantitative estimate of drug-likeness (QED) is 0.454. The lowest BCUT2D eigenvalue weighted by atomic mass is 9.81. The monoisotopic (exact) mass is 495 g/mol. The molecule has 34 heavy (non-hydrogen) atoms. The van der Waals surface area contributed by atoms with Crippen molar-refractivity contribution in [3.63, 3.8) is 0 Å². The van der Waals surface area contributed by atoms with Gasteiger partial charge in [-0.25, -0.2) is 8.42 Å². The predicted octanol–water partition coefficient (Wildman–Crippen LogP) is 1.81. The molecular formula is C24H37N3O6S. The first-order chi connectivity index (χ1) is 15.9. The number of likely N-dealkylation sites (tertiary alicyclic amines) is 1. The van der Waals surface area contributed by atoms with Gasteiger partial charge in [-0.2, -0.15) is 0 Å². The van der Waals surface area contributed by atoms with E-state index < -0.39 is 45.8 Å². The molecule has 1 aromatic carbocycles. The highest BCUT2D eigenvalue weighted by atomic mass is 32.2. The molecule has 1 unspecified atom stereocenters. The number of carbonyl (C=O) groups is 3. The highest BCUT2D eigenvalue weighted by molar-refractivity contribution is 7.89. The molecule has 0 aromatic heterocycles. The van der Waals surface area contributed by atoms with Gasteiger partial charge in [0.25, 0.3) is 5.91 Å². The molecular weight excluding hydrogens is 458 g/mol. The summed E-state index contributed by atoms with van der Waals surface area (Å²) in [5.74, 6) is -2.94. The summed E-state index contributed by atoms with van der Waals surface area (Å²) < 4.78 is 31.4. The first-order valence-electron chi connectivity index (χ1n) is 11.7. The highest BCUT2D eigenvalue weighted by Crippen LogP contribution is 2.31. The largest absolute Gasteiger partial charge is 0.372 e. The van der Waals surface area contributed by atoms with E-state index in [0.29, 0.717) is 25.9 Å². The van der Waals surface area contributed by atoms with Gasteiger partial charge in [0.15, 0.2) is 0 Å². The van der Waals surface area contributed by atoms with Crippen LogP contribution in [-0.2, 0) is 35.8 Å². The van der Waals surface area contributed by atoms with E-state index in [-0.39, 0.29) is 24.8 Å². The zero-order chi connectivity index (χ0) is 25.5. The summed E-state index contributed by atoms with van der Waals surface area (Å²) in [6.45, 7) is 6.24. The van der Waals surface area contributed by atoms with Gasteiger partial charge in [0.05, 0.1) is 19.0 Å². The summed E-state index contributed by atoms with van der Waals surface area (Å²) in [6, 6.07) is 8.47. The third kappa shape index (κ3) is 8.09. The second-order valence-corrected chi connectivity index (χ2v) is 11.2. The average Bonchev–Trinajstić information content (AvgIpc) is 3.18. The van der Waals surface area contributed by atoms with Crippen LogP contribution >= 0.6 is 0 Å². The molecule has 0 bridgehead atoms. The molecule has 1 saturated heterocycles. The van der Waals surface area contributed by atoms with Crippen LogP contribution in [0.5, 0.6) is 0 Å². The summed E-state index contributed by atoms with van der Waals surface area (Å²) in [4.78, 5) is 40.2.